The molecule has 0 aromatic carbocycles. The lowest BCUT2D eigenvalue weighted by atomic mass is 10.3. The van der Waals surface area contributed by atoms with Gasteiger partial charge in [-0.3, -0.25) is 0 Å². The molecule has 78 valence electrons. The van der Waals surface area contributed by atoms with E-state index < -0.39 is 0 Å². The van der Waals surface area contributed by atoms with Gasteiger partial charge in [0.25, 0.3) is 0 Å². The minimum Gasteiger partial charge on any atom is -0.141 e. The summed E-state index contributed by atoms with van der Waals surface area (Å²) in [5.74, 6) is 0. The van der Waals surface area contributed by atoms with Gasteiger partial charge >= 0.3 is 0 Å². The van der Waals surface area contributed by atoms with Crippen LogP contribution in [0.5, 0.6) is 0 Å². The van der Waals surface area contributed by atoms with Crippen molar-refractivity contribution in [2.45, 2.75) is 20.3 Å². The Morgan fingerprint density at radius 2 is 1.67 bits per heavy atom. The molecule has 0 N–H and O–H groups in total. The quantitative estimate of drug-likeness (QED) is 0.712. The summed E-state index contributed by atoms with van der Waals surface area (Å²) in [6.45, 7) is 4.34. The lowest BCUT2D eigenvalue weighted by Crippen LogP contribution is -1.63. The van der Waals surface area contributed by atoms with Gasteiger partial charge in [0.15, 0.2) is 0 Å². The van der Waals surface area contributed by atoms with E-state index in [1.165, 1.54) is 19.5 Å². The van der Waals surface area contributed by atoms with Crippen LogP contribution in [0.1, 0.15) is 26.4 Å². The van der Waals surface area contributed by atoms with Crippen LogP contribution in [0, 0.1) is 6.92 Å². The zero-order valence-corrected chi connectivity index (χ0v) is 10.6. The number of hydrogen-bond donors (Lipinski definition) is 0. The largest absolute Gasteiger partial charge is 0.141 e. The molecule has 0 atom stereocenters. The molecule has 0 aliphatic rings. The highest BCUT2D eigenvalue weighted by atomic mass is 32.1. The van der Waals surface area contributed by atoms with Crippen LogP contribution in [-0.4, -0.2) is 0 Å². The van der Waals surface area contributed by atoms with E-state index in [4.69, 9.17) is 0 Å². The highest BCUT2D eigenvalue weighted by Crippen LogP contribution is 2.22. The molecule has 0 nitrogen and oxygen atoms in total. The smallest absolute Gasteiger partial charge is 0.0273 e. The van der Waals surface area contributed by atoms with Crippen molar-refractivity contribution in [3.63, 3.8) is 0 Å². The summed E-state index contributed by atoms with van der Waals surface area (Å²) in [5.41, 5.74) is 0. The first-order valence-electron chi connectivity index (χ1n) is 5.11. The van der Waals surface area contributed by atoms with Gasteiger partial charge in [0.05, 0.1) is 0 Å². The van der Waals surface area contributed by atoms with E-state index in [0.29, 0.717) is 0 Å². The van der Waals surface area contributed by atoms with Crippen LogP contribution in [0.25, 0.3) is 12.2 Å². The second kappa shape index (κ2) is 4.77. The molecule has 0 aliphatic carbocycles. The van der Waals surface area contributed by atoms with Crippen LogP contribution in [0.15, 0.2) is 24.3 Å². The molecule has 15 heavy (non-hydrogen) atoms. The zero-order chi connectivity index (χ0) is 10.7. The van der Waals surface area contributed by atoms with E-state index in [0.717, 1.165) is 6.42 Å². The van der Waals surface area contributed by atoms with Gasteiger partial charge in [0.1, 0.15) is 0 Å². The predicted molar refractivity (Wildman–Crippen MR) is 71.7 cm³/mol. The summed E-state index contributed by atoms with van der Waals surface area (Å²) in [6, 6.07) is 8.74. The first-order valence-corrected chi connectivity index (χ1v) is 6.74. The highest BCUT2D eigenvalue weighted by Gasteiger charge is 1.95. The average Bonchev–Trinajstić information content (AvgIpc) is 2.83. The van der Waals surface area contributed by atoms with Crippen molar-refractivity contribution in [2.75, 3.05) is 0 Å². The fourth-order valence-corrected chi connectivity index (χ4v) is 3.02. The molecule has 0 spiro atoms. The fourth-order valence-electron chi connectivity index (χ4n) is 1.38. The van der Waals surface area contributed by atoms with Gasteiger partial charge < -0.3 is 0 Å². The maximum absolute atomic E-state index is 2.21. The Bertz CT molecular complexity index is 460. The van der Waals surface area contributed by atoms with Gasteiger partial charge in [-0.25, -0.2) is 0 Å². The molecular weight excluding hydrogens is 220 g/mol. The van der Waals surface area contributed by atoms with Gasteiger partial charge in [0, 0.05) is 19.5 Å². The highest BCUT2D eigenvalue weighted by molar-refractivity contribution is 7.13. The second-order valence-corrected chi connectivity index (χ2v) is 5.96. The molecule has 0 saturated carbocycles. The van der Waals surface area contributed by atoms with Crippen molar-refractivity contribution in [1.29, 1.82) is 0 Å². The topological polar surface area (TPSA) is 0 Å². The van der Waals surface area contributed by atoms with Crippen LogP contribution < -0.4 is 0 Å². The summed E-state index contributed by atoms with van der Waals surface area (Å²) in [4.78, 5) is 5.50. The van der Waals surface area contributed by atoms with Gasteiger partial charge in [0.2, 0.25) is 0 Å². The Labute approximate surface area is 98.9 Å². The number of thiophene rings is 2. The molecule has 0 unspecified atom stereocenters. The van der Waals surface area contributed by atoms with Crippen LogP contribution in [-0.2, 0) is 6.42 Å². The number of rotatable bonds is 3. The fraction of sp³-hybridized carbons (Fsp3) is 0.231. The number of aryl methyl sites for hydroxylation is 2. The predicted octanol–water partition coefficient (Wildman–Crippen LogP) is 4.85. The third-order valence-corrected chi connectivity index (χ3v) is 4.36. The Kier molecular flexibility index (Phi) is 3.39. The second-order valence-electron chi connectivity index (χ2n) is 3.44. The molecule has 0 fully saturated rings. The van der Waals surface area contributed by atoms with E-state index in [2.05, 4.69) is 50.3 Å². The molecule has 0 radical (unpaired) electrons. The van der Waals surface area contributed by atoms with Crippen LogP contribution in [0.4, 0.5) is 0 Å². The van der Waals surface area contributed by atoms with Crippen molar-refractivity contribution >= 4 is 34.8 Å². The van der Waals surface area contributed by atoms with Crippen LogP contribution in [0.3, 0.4) is 0 Å². The van der Waals surface area contributed by atoms with Crippen molar-refractivity contribution in [3.05, 3.63) is 43.8 Å². The Hall–Kier alpha value is -0.860. The van der Waals surface area contributed by atoms with Gasteiger partial charge in [-0.15, -0.1) is 22.7 Å². The van der Waals surface area contributed by atoms with Gasteiger partial charge in [-0.05, 0) is 49.8 Å². The third-order valence-electron chi connectivity index (χ3n) is 2.20. The molecule has 2 heterocycles. The van der Waals surface area contributed by atoms with Crippen molar-refractivity contribution in [2.24, 2.45) is 0 Å². The van der Waals surface area contributed by atoms with E-state index in [1.54, 1.807) is 0 Å². The zero-order valence-electron chi connectivity index (χ0n) is 8.99. The molecule has 0 saturated heterocycles. The minimum atomic E-state index is 1.14. The molecule has 2 heteroatoms. The summed E-state index contributed by atoms with van der Waals surface area (Å²) in [7, 11) is 0. The Morgan fingerprint density at radius 1 is 1.00 bits per heavy atom. The maximum atomic E-state index is 2.21. The third kappa shape index (κ3) is 2.80. The molecular formula is C13H14S2. The lowest BCUT2D eigenvalue weighted by Gasteiger charge is -1.85. The van der Waals surface area contributed by atoms with Crippen LogP contribution >= 0.6 is 22.7 Å². The summed E-state index contributed by atoms with van der Waals surface area (Å²) < 4.78 is 0. The molecule has 0 bridgehead atoms. The standard InChI is InChI=1S/C13H14S2/c1-3-11-6-7-13(15-11)9-8-12-5-4-10(2)14-12/h4-9H,3H2,1-2H3/b9-8+. The normalized spacial score (nSPS) is 11.3. The van der Waals surface area contributed by atoms with Gasteiger partial charge in [-0.1, -0.05) is 6.92 Å². The first kappa shape index (κ1) is 10.7. The average molecular weight is 234 g/mol. The molecule has 2 aromatic heterocycles. The van der Waals surface area contributed by atoms with Gasteiger partial charge in [-0.2, -0.15) is 0 Å². The maximum Gasteiger partial charge on any atom is 0.0273 e. The van der Waals surface area contributed by atoms with Crippen molar-refractivity contribution in [3.8, 4) is 0 Å². The Morgan fingerprint density at radius 3 is 2.20 bits per heavy atom. The van der Waals surface area contributed by atoms with E-state index in [1.807, 2.05) is 22.7 Å². The van der Waals surface area contributed by atoms with E-state index in [-0.39, 0.29) is 0 Å². The molecule has 2 aromatic rings. The summed E-state index contributed by atoms with van der Waals surface area (Å²) in [6.07, 6.45) is 5.54. The molecule has 2 rings (SSSR count). The Balaban J connectivity index is 2.11. The van der Waals surface area contributed by atoms with Crippen LogP contribution in [0.2, 0.25) is 0 Å². The van der Waals surface area contributed by atoms with E-state index >= 15 is 0 Å². The van der Waals surface area contributed by atoms with Crippen molar-refractivity contribution in [1.82, 2.24) is 0 Å². The monoisotopic (exact) mass is 234 g/mol. The summed E-state index contributed by atoms with van der Waals surface area (Å²) in [5, 5.41) is 0. The SMILES string of the molecule is CCc1ccc(/C=C/c2ccc(C)s2)s1. The summed E-state index contributed by atoms with van der Waals surface area (Å²) >= 11 is 3.71. The first-order chi connectivity index (χ1) is 7.28. The number of hydrogen-bond acceptors (Lipinski definition) is 2. The van der Waals surface area contributed by atoms with E-state index in [9.17, 15) is 0 Å². The van der Waals surface area contributed by atoms with Crippen molar-refractivity contribution < 1.29 is 0 Å². The lowest BCUT2D eigenvalue weighted by molar-refractivity contribution is 1.19. The minimum absolute atomic E-state index is 1.14. The molecule has 0 amide bonds. The molecule has 0 aliphatic heterocycles.